The fourth-order valence-corrected chi connectivity index (χ4v) is 2.93. The predicted octanol–water partition coefficient (Wildman–Crippen LogP) is 3.71. The molecular formula is C20H24F2N2O. The van der Waals surface area contributed by atoms with Crippen molar-refractivity contribution >= 4 is 5.91 Å². The Morgan fingerprint density at radius 3 is 2.16 bits per heavy atom. The number of carbonyl (C=O) groups excluding carboxylic acids is 1. The minimum Gasteiger partial charge on any atom is -0.354 e. The Morgan fingerprint density at radius 1 is 1.00 bits per heavy atom. The smallest absolute Gasteiger partial charge is 0.241 e. The van der Waals surface area contributed by atoms with E-state index in [-0.39, 0.29) is 24.4 Å². The molecule has 0 saturated carbocycles. The van der Waals surface area contributed by atoms with Crippen LogP contribution in [0.2, 0.25) is 0 Å². The van der Waals surface area contributed by atoms with Crippen molar-refractivity contribution in [3.05, 3.63) is 71.3 Å². The summed E-state index contributed by atoms with van der Waals surface area (Å²) in [5.74, 6) is -1.33. The van der Waals surface area contributed by atoms with Gasteiger partial charge in [0.1, 0.15) is 17.7 Å². The fourth-order valence-electron chi connectivity index (χ4n) is 2.93. The van der Waals surface area contributed by atoms with Crippen LogP contribution in [-0.4, -0.2) is 30.4 Å². The maximum atomic E-state index is 13.7. The number of nitrogens with zero attached hydrogens (tertiary/aromatic N) is 1. The van der Waals surface area contributed by atoms with Crippen LogP contribution >= 0.6 is 0 Å². The summed E-state index contributed by atoms with van der Waals surface area (Å²) < 4.78 is 27.3. The molecule has 0 heterocycles. The van der Waals surface area contributed by atoms with Crippen molar-refractivity contribution in [1.29, 1.82) is 0 Å². The SMILES string of the molecule is CCN(CC)C(C(=O)NCCc1c(F)cccc1F)c1ccccc1. The minimum absolute atomic E-state index is 0.00176. The number of nitrogens with one attached hydrogen (secondary N) is 1. The average Bonchev–Trinajstić information content (AvgIpc) is 2.62. The van der Waals surface area contributed by atoms with Gasteiger partial charge in [-0.15, -0.1) is 0 Å². The van der Waals surface area contributed by atoms with Crippen molar-refractivity contribution < 1.29 is 13.6 Å². The van der Waals surface area contributed by atoms with Gasteiger partial charge in [-0.25, -0.2) is 8.78 Å². The molecule has 25 heavy (non-hydrogen) atoms. The Morgan fingerprint density at radius 2 is 1.60 bits per heavy atom. The lowest BCUT2D eigenvalue weighted by Gasteiger charge is -2.29. The van der Waals surface area contributed by atoms with Gasteiger partial charge in [0.25, 0.3) is 0 Å². The Labute approximate surface area is 147 Å². The third kappa shape index (κ3) is 4.86. The normalized spacial score (nSPS) is 12.2. The van der Waals surface area contributed by atoms with Crippen LogP contribution in [0.5, 0.6) is 0 Å². The fraction of sp³-hybridized carbons (Fsp3) is 0.350. The first kappa shape index (κ1) is 19.1. The van der Waals surface area contributed by atoms with Crippen LogP contribution in [0.4, 0.5) is 8.78 Å². The summed E-state index contributed by atoms with van der Waals surface area (Å²) in [7, 11) is 0. The predicted molar refractivity (Wildman–Crippen MR) is 95.2 cm³/mol. The van der Waals surface area contributed by atoms with Gasteiger partial charge in [-0.3, -0.25) is 9.69 Å². The lowest BCUT2D eigenvalue weighted by molar-refractivity contribution is -0.126. The van der Waals surface area contributed by atoms with E-state index in [2.05, 4.69) is 5.32 Å². The highest BCUT2D eigenvalue weighted by atomic mass is 19.1. The molecule has 0 aliphatic rings. The lowest BCUT2D eigenvalue weighted by atomic mass is 10.0. The van der Waals surface area contributed by atoms with Crippen LogP contribution in [0, 0.1) is 11.6 Å². The van der Waals surface area contributed by atoms with Gasteiger partial charge in [0.05, 0.1) is 0 Å². The second kappa shape index (κ2) is 9.28. The molecule has 0 fully saturated rings. The van der Waals surface area contributed by atoms with E-state index in [0.717, 1.165) is 18.7 Å². The molecule has 2 rings (SSSR count). The summed E-state index contributed by atoms with van der Waals surface area (Å²) in [6, 6.07) is 12.9. The first-order valence-corrected chi connectivity index (χ1v) is 8.58. The molecule has 0 spiro atoms. The van der Waals surface area contributed by atoms with E-state index < -0.39 is 17.7 Å². The average molecular weight is 346 g/mol. The van der Waals surface area contributed by atoms with Crippen LogP contribution < -0.4 is 5.32 Å². The standard InChI is InChI=1S/C20H24F2N2O/c1-3-24(4-2)19(15-9-6-5-7-10-15)20(25)23-14-13-16-17(21)11-8-12-18(16)22/h5-12,19H,3-4,13-14H2,1-2H3,(H,23,25). The summed E-state index contributed by atoms with van der Waals surface area (Å²) in [5, 5.41) is 2.82. The highest BCUT2D eigenvalue weighted by molar-refractivity contribution is 5.83. The molecule has 1 amide bonds. The number of halogens is 2. The molecule has 0 aliphatic carbocycles. The summed E-state index contributed by atoms with van der Waals surface area (Å²) in [6.07, 6.45) is 0.115. The number of benzene rings is 2. The molecule has 2 aromatic rings. The zero-order valence-electron chi connectivity index (χ0n) is 14.6. The second-order valence-corrected chi connectivity index (χ2v) is 5.78. The Hall–Kier alpha value is -2.27. The van der Waals surface area contributed by atoms with Crippen LogP contribution in [0.3, 0.4) is 0 Å². The second-order valence-electron chi connectivity index (χ2n) is 5.78. The first-order valence-electron chi connectivity index (χ1n) is 8.58. The quantitative estimate of drug-likeness (QED) is 0.790. The first-order chi connectivity index (χ1) is 12.1. The molecule has 0 radical (unpaired) electrons. The van der Waals surface area contributed by atoms with E-state index in [4.69, 9.17) is 0 Å². The van der Waals surface area contributed by atoms with E-state index in [1.807, 2.05) is 49.1 Å². The van der Waals surface area contributed by atoms with Gasteiger partial charge in [0.2, 0.25) is 5.91 Å². The van der Waals surface area contributed by atoms with E-state index >= 15 is 0 Å². The maximum Gasteiger partial charge on any atom is 0.241 e. The molecule has 0 saturated heterocycles. The van der Waals surface area contributed by atoms with Crippen molar-refractivity contribution in [2.24, 2.45) is 0 Å². The molecule has 3 nitrogen and oxygen atoms in total. The third-order valence-electron chi connectivity index (χ3n) is 4.28. The van der Waals surface area contributed by atoms with Crippen LogP contribution in [-0.2, 0) is 11.2 Å². The molecule has 1 unspecified atom stereocenters. The zero-order chi connectivity index (χ0) is 18.2. The van der Waals surface area contributed by atoms with Gasteiger partial charge < -0.3 is 5.32 Å². The molecule has 1 N–H and O–H groups in total. The van der Waals surface area contributed by atoms with E-state index in [0.29, 0.717) is 0 Å². The Kier molecular flexibility index (Phi) is 7.07. The molecule has 5 heteroatoms. The number of carbonyl (C=O) groups is 1. The molecular weight excluding hydrogens is 322 g/mol. The van der Waals surface area contributed by atoms with Gasteiger partial charge in [0.15, 0.2) is 0 Å². The van der Waals surface area contributed by atoms with Gasteiger partial charge in [-0.05, 0) is 37.2 Å². The molecule has 2 aromatic carbocycles. The van der Waals surface area contributed by atoms with E-state index in [9.17, 15) is 13.6 Å². The molecule has 0 aromatic heterocycles. The molecule has 1 atom stereocenters. The minimum atomic E-state index is -0.586. The molecule has 134 valence electrons. The third-order valence-corrected chi connectivity index (χ3v) is 4.28. The monoisotopic (exact) mass is 346 g/mol. The summed E-state index contributed by atoms with van der Waals surface area (Å²) >= 11 is 0. The van der Waals surface area contributed by atoms with Crippen molar-refractivity contribution in [2.45, 2.75) is 26.3 Å². The summed E-state index contributed by atoms with van der Waals surface area (Å²) in [4.78, 5) is 14.8. The zero-order valence-corrected chi connectivity index (χ0v) is 14.6. The van der Waals surface area contributed by atoms with Gasteiger partial charge in [-0.2, -0.15) is 0 Å². The maximum absolute atomic E-state index is 13.7. The van der Waals surface area contributed by atoms with Gasteiger partial charge in [0, 0.05) is 12.1 Å². The highest BCUT2D eigenvalue weighted by Crippen LogP contribution is 2.20. The number of amides is 1. The van der Waals surface area contributed by atoms with Gasteiger partial charge >= 0.3 is 0 Å². The van der Waals surface area contributed by atoms with Crippen molar-refractivity contribution in [2.75, 3.05) is 19.6 Å². The van der Waals surface area contributed by atoms with Crippen LogP contribution in [0.25, 0.3) is 0 Å². The van der Waals surface area contributed by atoms with Crippen molar-refractivity contribution in [3.63, 3.8) is 0 Å². The number of likely N-dealkylation sites (N-methyl/N-ethyl adjacent to an activating group) is 1. The number of hydrogen-bond donors (Lipinski definition) is 1. The topological polar surface area (TPSA) is 32.3 Å². The largest absolute Gasteiger partial charge is 0.354 e. The van der Waals surface area contributed by atoms with Crippen LogP contribution in [0.1, 0.15) is 31.0 Å². The lowest BCUT2D eigenvalue weighted by Crippen LogP contribution is -2.41. The highest BCUT2D eigenvalue weighted by Gasteiger charge is 2.25. The van der Waals surface area contributed by atoms with Crippen molar-refractivity contribution in [3.8, 4) is 0 Å². The van der Waals surface area contributed by atoms with Crippen LogP contribution in [0.15, 0.2) is 48.5 Å². The van der Waals surface area contributed by atoms with Gasteiger partial charge in [-0.1, -0.05) is 50.2 Å². The molecule has 0 aliphatic heterocycles. The number of hydrogen-bond acceptors (Lipinski definition) is 2. The number of rotatable bonds is 8. The van der Waals surface area contributed by atoms with E-state index in [1.165, 1.54) is 18.2 Å². The Balaban J connectivity index is 2.07. The summed E-state index contributed by atoms with van der Waals surface area (Å²) in [6.45, 7) is 5.64. The summed E-state index contributed by atoms with van der Waals surface area (Å²) in [5.41, 5.74) is 0.905. The molecule has 0 bridgehead atoms. The van der Waals surface area contributed by atoms with Crippen molar-refractivity contribution in [1.82, 2.24) is 10.2 Å². The Bertz CT molecular complexity index is 667. The van der Waals surface area contributed by atoms with E-state index in [1.54, 1.807) is 0 Å².